The molecule has 0 spiro atoms. The van der Waals surface area contributed by atoms with Gasteiger partial charge < -0.3 is 10.2 Å². The van der Waals surface area contributed by atoms with Gasteiger partial charge in [0, 0.05) is 24.4 Å². The van der Waals surface area contributed by atoms with Crippen LogP contribution >= 0.6 is 0 Å². The zero-order valence-electron chi connectivity index (χ0n) is 12.5. The van der Waals surface area contributed by atoms with Crippen molar-refractivity contribution in [1.29, 1.82) is 0 Å². The Balaban J connectivity index is 1.98. The Labute approximate surface area is 117 Å². The van der Waals surface area contributed by atoms with Gasteiger partial charge in [-0.3, -0.25) is 0 Å². The summed E-state index contributed by atoms with van der Waals surface area (Å²) in [6, 6.07) is 0.160. The van der Waals surface area contributed by atoms with E-state index in [9.17, 15) is 8.42 Å². The van der Waals surface area contributed by atoms with Crippen molar-refractivity contribution in [2.75, 3.05) is 26.9 Å². The molecule has 0 saturated heterocycles. The van der Waals surface area contributed by atoms with Crippen molar-refractivity contribution in [3.8, 4) is 0 Å². The van der Waals surface area contributed by atoms with Crippen molar-refractivity contribution in [2.24, 2.45) is 0 Å². The lowest BCUT2D eigenvalue weighted by atomic mass is 9.95. The van der Waals surface area contributed by atoms with E-state index >= 15 is 0 Å². The Kier molecular flexibility index (Phi) is 4.58. The number of rotatable bonds is 5. The molecular formula is C14H28N2O2S. The molecule has 2 atom stereocenters. The highest BCUT2D eigenvalue weighted by Crippen LogP contribution is 2.34. The summed E-state index contributed by atoms with van der Waals surface area (Å²) in [5.41, 5.74) is 0.241. The summed E-state index contributed by atoms with van der Waals surface area (Å²) in [6.07, 6.45) is 9.28. The van der Waals surface area contributed by atoms with Gasteiger partial charge in [-0.15, -0.1) is 0 Å². The number of hydrogen-bond acceptors (Lipinski definition) is 4. The molecule has 0 aromatic rings. The molecule has 2 unspecified atom stereocenters. The lowest BCUT2D eigenvalue weighted by Crippen LogP contribution is -2.53. The zero-order chi connectivity index (χ0) is 14.1. The molecule has 19 heavy (non-hydrogen) atoms. The summed E-state index contributed by atoms with van der Waals surface area (Å²) in [5.74, 6) is 0. The van der Waals surface area contributed by atoms with Crippen molar-refractivity contribution < 1.29 is 8.42 Å². The molecule has 0 aromatic heterocycles. The van der Waals surface area contributed by atoms with Crippen molar-refractivity contribution in [3.05, 3.63) is 0 Å². The van der Waals surface area contributed by atoms with Gasteiger partial charge in [-0.2, -0.15) is 0 Å². The van der Waals surface area contributed by atoms with Crippen molar-refractivity contribution in [2.45, 2.75) is 61.8 Å². The van der Waals surface area contributed by atoms with Crippen LogP contribution in [-0.4, -0.2) is 57.0 Å². The molecular weight excluding hydrogens is 260 g/mol. The van der Waals surface area contributed by atoms with E-state index in [2.05, 4.69) is 24.3 Å². The first kappa shape index (κ1) is 15.3. The molecule has 2 saturated carbocycles. The fourth-order valence-electron chi connectivity index (χ4n) is 3.81. The van der Waals surface area contributed by atoms with Gasteiger partial charge >= 0.3 is 0 Å². The normalized spacial score (nSPS) is 31.2. The Morgan fingerprint density at radius 3 is 2.32 bits per heavy atom. The highest BCUT2D eigenvalue weighted by molar-refractivity contribution is 7.91. The van der Waals surface area contributed by atoms with Crippen molar-refractivity contribution >= 4 is 9.84 Å². The van der Waals surface area contributed by atoms with E-state index in [4.69, 9.17) is 0 Å². The first-order valence-corrected chi connectivity index (χ1v) is 9.40. The molecule has 0 radical (unpaired) electrons. The maximum Gasteiger partial charge on any atom is 0.151 e. The highest BCUT2D eigenvalue weighted by atomic mass is 32.2. The minimum absolute atomic E-state index is 0.160. The van der Waals surface area contributed by atoms with Crippen LogP contribution in [0, 0.1) is 0 Å². The Morgan fingerprint density at radius 1 is 1.16 bits per heavy atom. The Morgan fingerprint density at radius 2 is 1.79 bits per heavy atom. The van der Waals surface area contributed by atoms with E-state index in [0.29, 0.717) is 0 Å². The van der Waals surface area contributed by atoms with Crippen LogP contribution in [0.3, 0.4) is 0 Å². The number of sulfone groups is 1. The molecule has 2 aliphatic rings. The Bertz CT molecular complexity index is 400. The van der Waals surface area contributed by atoms with Crippen LogP contribution in [0.2, 0.25) is 0 Å². The summed E-state index contributed by atoms with van der Waals surface area (Å²) >= 11 is 0. The fourth-order valence-corrected chi connectivity index (χ4v) is 5.23. The standard InChI is InChI=1S/C14H28N2O2S/c1-16(2)14(9-4-5-10-14)11-15-12-7-6-8-13(12)19(3,17)18/h12-13,15H,4-11H2,1-3H3. The quantitative estimate of drug-likeness (QED) is 0.831. The van der Waals surface area contributed by atoms with Crippen LogP contribution in [0.4, 0.5) is 0 Å². The molecule has 0 amide bonds. The molecule has 0 aromatic carbocycles. The molecule has 5 heteroatoms. The first-order valence-electron chi connectivity index (χ1n) is 7.45. The van der Waals surface area contributed by atoms with Crippen molar-refractivity contribution in [3.63, 3.8) is 0 Å². The second kappa shape index (κ2) is 5.70. The molecule has 4 nitrogen and oxygen atoms in total. The molecule has 0 heterocycles. The van der Waals surface area contributed by atoms with Gasteiger partial charge in [-0.1, -0.05) is 19.3 Å². The molecule has 2 rings (SSSR count). The van der Waals surface area contributed by atoms with Gasteiger partial charge in [0.1, 0.15) is 0 Å². The van der Waals surface area contributed by atoms with E-state index in [-0.39, 0.29) is 16.8 Å². The predicted molar refractivity (Wildman–Crippen MR) is 79.2 cm³/mol. The summed E-state index contributed by atoms with van der Waals surface area (Å²) in [6.45, 7) is 0.927. The lowest BCUT2D eigenvalue weighted by molar-refractivity contribution is 0.149. The van der Waals surface area contributed by atoms with Gasteiger partial charge in [0.15, 0.2) is 9.84 Å². The fraction of sp³-hybridized carbons (Fsp3) is 1.00. The monoisotopic (exact) mass is 288 g/mol. The second-order valence-corrected chi connectivity index (χ2v) is 8.88. The van der Waals surface area contributed by atoms with E-state index < -0.39 is 9.84 Å². The van der Waals surface area contributed by atoms with Crippen LogP contribution in [0.15, 0.2) is 0 Å². The van der Waals surface area contributed by atoms with Crippen LogP contribution in [0.1, 0.15) is 44.9 Å². The minimum Gasteiger partial charge on any atom is -0.311 e. The molecule has 2 fully saturated rings. The molecule has 112 valence electrons. The molecule has 0 bridgehead atoms. The van der Waals surface area contributed by atoms with Gasteiger partial charge in [0.25, 0.3) is 0 Å². The highest BCUT2D eigenvalue weighted by Gasteiger charge is 2.39. The van der Waals surface area contributed by atoms with E-state index in [0.717, 1.165) is 25.8 Å². The first-order chi connectivity index (χ1) is 8.85. The summed E-state index contributed by atoms with van der Waals surface area (Å²) in [7, 11) is 1.38. The van der Waals surface area contributed by atoms with Crippen LogP contribution in [0.25, 0.3) is 0 Å². The SMILES string of the molecule is CN(C)C1(CNC2CCCC2S(C)(=O)=O)CCCC1. The van der Waals surface area contributed by atoms with Crippen molar-refractivity contribution in [1.82, 2.24) is 10.2 Å². The zero-order valence-corrected chi connectivity index (χ0v) is 13.3. The summed E-state index contributed by atoms with van der Waals surface area (Å²) in [5, 5.41) is 3.41. The van der Waals surface area contributed by atoms with Gasteiger partial charge in [0.2, 0.25) is 0 Å². The topological polar surface area (TPSA) is 49.4 Å². The van der Waals surface area contributed by atoms with E-state index in [1.165, 1.54) is 31.9 Å². The summed E-state index contributed by atoms with van der Waals surface area (Å²) in [4.78, 5) is 2.33. The Hall–Kier alpha value is -0.130. The molecule has 1 N–H and O–H groups in total. The third-order valence-electron chi connectivity index (χ3n) is 5.18. The maximum absolute atomic E-state index is 11.8. The molecule has 0 aliphatic heterocycles. The third-order valence-corrected chi connectivity index (χ3v) is 6.84. The van der Waals surface area contributed by atoms with E-state index in [1.54, 1.807) is 0 Å². The number of hydrogen-bond donors (Lipinski definition) is 1. The van der Waals surface area contributed by atoms with Gasteiger partial charge in [-0.05, 0) is 39.8 Å². The van der Waals surface area contributed by atoms with Crippen LogP contribution < -0.4 is 5.32 Å². The van der Waals surface area contributed by atoms with Crippen LogP contribution in [-0.2, 0) is 9.84 Å². The maximum atomic E-state index is 11.8. The number of nitrogens with one attached hydrogen (secondary N) is 1. The smallest absolute Gasteiger partial charge is 0.151 e. The lowest BCUT2D eigenvalue weighted by Gasteiger charge is -2.38. The van der Waals surface area contributed by atoms with Crippen LogP contribution in [0.5, 0.6) is 0 Å². The van der Waals surface area contributed by atoms with Gasteiger partial charge in [-0.25, -0.2) is 8.42 Å². The largest absolute Gasteiger partial charge is 0.311 e. The van der Waals surface area contributed by atoms with Gasteiger partial charge in [0.05, 0.1) is 5.25 Å². The summed E-state index contributed by atoms with van der Waals surface area (Å²) < 4.78 is 23.6. The third kappa shape index (κ3) is 3.31. The number of likely N-dealkylation sites (N-methyl/N-ethyl adjacent to an activating group) is 1. The predicted octanol–water partition coefficient (Wildman–Crippen LogP) is 1.42. The molecule has 2 aliphatic carbocycles. The van der Waals surface area contributed by atoms with E-state index in [1.807, 2.05) is 0 Å². The average Bonchev–Trinajstić information content (AvgIpc) is 2.95. The second-order valence-electron chi connectivity index (χ2n) is 6.61. The average molecular weight is 288 g/mol. The number of nitrogens with zero attached hydrogens (tertiary/aromatic N) is 1. The minimum atomic E-state index is -2.91.